The first kappa shape index (κ1) is 12.0. The minimum atomic E-state index is -0.00143. The molecule has 0 unspecified atom stereocenters. The highest BCUT2D eigenvalue weighted by Crippen LogP contribution is 2.24. The summed E-state index contributed by atoms with van der Waals surface area (Å²) >= 11 is 0. The van der Waals surface area contributed by atoms with Crippen molar-refractivity contribution in [2.45, 2.75) is 65.2 Å². The van der Waals surface area contributed by atoms with Crippen molar-refractivity contribution in [3.63, 3.8) is 0 Å². The van der Waals surface area contributed by atoms with Crippen LogP contribution in [0.2, 0.25) is 0 Å². The van der Waals surface area contributed by atoms with E-state index in [1.54, 1.807) is 0 Å². The minimum Gasteiger partial charge on any atom is -0.371 e. The predicted octanol–water partition coefficient (Wildman–Crippen LogP) is 2.67. The maximum absolute atomic E-state index is 5.98. The molecule has 1 atom stereocenters. The van der Waals surface area contributed by atoms with Crippen molar-refractivity contribution >= 4 is 0 Å². The van der Waals surface area contributed by atoms with E-state index in [9.17, 15) is 0 Å². The smallest absolute Gasteiger partial charge is 0.0721 e. The number of hydrogen-bond donors (Lipinski definition) is 0. The van der Waals surface area contributed by atoms with Gasteiger partial charge in [0.15, 0.2) is 0 Å². The fraction of sp³-hybridized carbons (Fsp3) is 1.00. The lowest BCUT2D eigenvalue weighted by atomic mass is 10.1. The molecule has 0 saturated carbocycles. The average Bonchev–Trinajstić information content (AvgIpc) is 2.29. The lowest BCUT2D eigenvalue weighted by molar-refractivity contribution is -0.0567. The molecule has 0 aromatic heterocycles. The quantitative estimate of drug-likeness (QED) is 0.644. The van der Waals surface area contributed by atoms with Crippen LogP contribution in [0.1, 0.15) is 48.0 Å². The molecule has 0 spiro atoms. The lowest BCUT2D eigenvalue weighted by Crippen LogP contribution is -2.40. The zero-order valence-electron chi connectivity index (χ0n) is 10.6. The molecule has 1 saturated heterocycles. The minimum absolute atomic E-state index is 0.00143. The van der Waals surface area contributed by atoms with Crippen LogP contribution in [0.5, 0.6) is 0 Å². The molecular formula is C12H25NO. The summed E-state index contributed by atoms with van der Waals surface area (Å²) in [4.78, 5) is 2.50. The van der Waals surface area contributed by atoms with Gasteiger partial charge in [0.25, 0.3) is 0 Å². The van der Waals surface area contributed by atoms with Crippen LogP contribution in [-0.2, 0) is 4.74 Å². The van der Waals surface area contributed by atoms with E-state index in [0.29, 0.717) is 6.10 Å². The number of nitrogens with zero attached hydrogens (tertiary/aromatic N) is 1. The molecule has 1 heterocycles. The first-order valence-corrected chi connectivity index (χ1v) is 5.61. The van der Waals surface area contributed by atoms with Crippen LogP contribution in [0.3, 0.4) is 0 Å². The van der Waals surface area contributed by atoms with Crippen molar-refractivity contribution in [2.24, 2.45) is 0 Å². The molecule has 1 rings (SSSR count). The van der Waals surface area contributed by atoms with E-state index in [4.69, 9.17) is 4.74 Å². The predicted molar refractivity (Wildman–Crippen MR) is 60.6 cm³/mol. The Hall–Kier alpha value is -0.0800. The normalized spacial score (nSPS) is 25.7. The fourth-order valence-electron chi connectivity index (χ4n) is 1.93. The van der Waals surface area contributed by atoms with Crippen LogP contribution in [0.15, 0.2) is 0 Å². The molecule has 1 fully saturated rings. The first-order valence-electron chi connectivity index (χ1n) is 5.61. The topological polar surface area (TPSA) is 12.5 Å². The number of hydrogen-bond acceptors (Lipinski definition) is 2. The van der Waals surface area contributed by atoms with E-state index >= 15 is 0 Å². The summed E-state index contributed by atoms with van der Waals surface area (Å²) in [7, 11) is 0. The third-order valence-corrected chi connectivity index (χ3v) is 2.61. The fourth-order valence-corrected chi connectivity index (χ4v) is 1.93. The van der Waals surface area contributed by atoms with E-state index in [0.717, 1.165) is 6.54 Å². The van der Waals surface area contributed by atoms with E-state index in [-0.39, 0.29) is 11.1 Å². The molecule has 2 heteroatoms. The molecular weight excluding hydrogens is 174 g/mol. The Bertz CT molecular complexity index is 187. The van der Waals surface area contributed by atoms with Gasteiger partial charge in [-0.3, -0.25) is 4.90 Å². The van der Waals surface area contributed by atoms with E-state index in [2.05, 4.69) is 46.4 Å². The van der Waals surface area contributed by atoms with Gasteiger partial charge in [-0.2, -0.15) is 0 Å². The second kappa shape index (κ2) is 3.82. The van der Waals surface area contributed by atoms with Gasteiger partial charge in [0.2, 0.25) is 0 Å². The Morgan fingerprint density at radius 1 is 1.07 bits per heavy atom. The third kappa shape index (κ3) is 3.58. The van der Waals surface area contributed by atoms with Crippen molar-refractivity contribution in [3.05, 3.63) is 0 Å². The SMILES string of the molecule is CC(C)(C)O[C@H]1CCN(C(C)(C)C)C1. The maximum atomic E-state index is 5.98. The number of rotatable bonds is 1. The molecule has 1 aliphatic rings. The summed E-state index contributed by atoms with van der Waals surface area (Å²) in [5.74, 6) is 0. The van der Waals surface area contributed by atoms with Gasteiger partial charge in [0.1, 0.15) is 0 Å². The Morgan fingerprint density at radius 2 is 1.64 bits per heavy atom. The first-order chi connectivity index (χ1) is 6.18. The van der Waals surface area contributed by atoms with Crippen LogP contribution in [0.4, 0.5) is 0 Å². The summed E-state index contributed by atoms with van der Waals surface area (Å²) < 4.78 is 5.98. The molecule has 0 radical (unpaired) electrons. The Kier molecular flexibility index (Phi) is 3.27. The number of likely N-dealkylation sites (tertiary alicyclic amines) is 1. The van der Waals surface area contributed by atoms with Crippen LogP contribution in [0, 0.1) is 0 Å². The molecule has 0 aromatic carbocycles. The van der Waals surface area contributed by atoms with Crippen LogP contribution in [0.25, 0.3) is 0 Å². The summed E-state index contributed by atoms with van der Waals surface area (Å²) in [6.45, 7) is 15.5. The highest BCUT2D eigenvalue weighted by Gasteiger charge is 2.32. The highest BCUT2D eigenvalue weighted by atomic mass is 16.5. The van der Waals surface area contributed by atoms with Gasteiger partial charge < -0.3 is 4.74 Å². The summed E-state index contributed by atoms with van der Waals surface area (Å²) in [5, 5.41) is 0. The molecule has 1 aliphatic heterocycles. The second-order valence-corrected chi connectivity index (χ2v) is 6.26. The van der Waals surface area contributed by atoms with Gasteiger partial charge in [-0.05, 0) is 48.0 Å². The molecule has 0 N–H and O–H groups in total. The van der Waals surface area contributed by atoms with Crippen LogP contribution >= 0.6 is 0 Å². The zero-order valence-corrected chi connectivity index (χ0v) is 10.6. The standard InChI is InChI=1S/C12H25NO/c1-11(2,3)13-8-7-10(9-13)14-12(4,5)6/h10H,7-9H2,1-6H3/t10-/m0/s1. The Balaban J connectivity index is 2.42. The Morgan fingerprint density at radius 3 is 2.00 bits per heavy atom. The van der Waals surface area contributed by atoms with Gasteiger partial charge in [-0.15, -0.1) is 0 Å². The second-order valence-electron chi connectivity index (χ2n) is 6.26. The summed E-state index contributed by atoms with van der Waals surface area (Å²) in [5.41, 5.74) is 0.286. The average molecular weight is 199 g/mol. The van der Waals surface area contributed by atoms with Crippen molar-refractivity contribution in [2.75, 3.05) is 13.1 Å². The largest absolute Gasteiger partial charge is 0.371 e. The van der Waals surface area contributed by atoms with Gasteiger partial charge in [-0.25, -0.2) is 0 Å². The Labute approximate surface area is 88.6 Å². The van der Waals surface area contributed by atoms with E-state index in [1.165, 1.54) is 13.0 Å². The number of ether oxygens (including phenoxy) is 1. The van der Waals surface area contributed by atoms with Gasteiger partial charge in [-0.1, -0.05) is 0 Å². The molecule has 0 aromatic rings. The van der Waals surface area contributed by atoms with E-state index in [1.807, 2.05) is 0 Å². The molecule has 84 valence electrons. The molecule has 2 nitrogen and oxygen atoms in total. The van der Waals surface area contributed by atoms with Crippen molar-refractivity contribution < 1.29 is 4.74 Å². The zero-order chi connectivity index (χ0) is 11.0. The summed E-state index contributed by atoms with van der Waals surface area (Å²) in [6, 6.07) is 0. The summed E-state index contributed by atoms with van der Waals surface area (Å²) in [6.07, 6.45) is 1.60. The van der Waals surface area contributed by atoms with Gasteiger partial charge in [0, 0.05) is 18.6 Å². The monoisotopic (exact) mass is 199 g/mol. The maximum Gasteiger partial charge on any atom is 0.0721 e. The molecule has 0 bridgehead atoms. The van der Waals surface area contributed by atoms with Crippen molar-refractivity contribution in [1.82, 2.24) is 4.90 Å². The van der Waals surface area contributed by atoms with Crippen LogP contribution < -0.4 is 0 Å². The van der Waals surface area contributed by atoms with E-state index < -0.39 is 0 Å². The third-order valence-electron chi connectivity index (χ3n) is 2.61. The highest BCUT2D eigenvalue weighted by molar-refractivity contribution is 4.86. The van der Waals surface area contributed by atoms with Crippen molar-refractivity contribution in [1.29, 1.82) is 0 Å². The van der Waals surface area contributed by atoms with Crippen LogP contribution in [-0.4, -0.2) is 35.2 Å². The molecule has 14 heavy (non-hydrogen) atoms. The van der Waals surface area contributed by atoms with Gasteiger partial charge >= 0.3 is 0 Å². The molecule has 0 aliphatic carbocycles. The lowest BCUT2D eigenvalue weighted by Gasteiger charge is -2.32. The van der Waals surface area contributed by atoms with Crippen molar-refractivity contribution in [3.8, 4) is 0 Å². The molecule has 0 amide bonds. The van der Waals surface area contributed by atoms with Gasteiger partial charge in [0.05, 0.1) is 11.7 Å².